The minimum Gasteiger partial charge on any atom is -0.281 e. The van der Waals surface area contributed by atoms with Crippen molar-refractivity contribution < 1.29 is 9.80 Å². The molecule has 0 spiro atoms. The molecule has 3 aliphatic rings. The Morgan fingerprint density at radius 3 is 2.29 bits per heavy atom. The van der Waals surface area contributed by atoms with Gasteiger partial charge in [0.25, 0.3) is 0 Å². The fourth-order valence-electron chi connectivity index (χ4n) is 4.99. The fourth-order valence-corrected chi connectivity index (χ4v) is 4.99. The van der Waals surface area contributed by atoms with Crippen LogP contribution in [-0.2, 0) is 0 Å². The maximum Gasteiger partial charge on any atom is 0.217 e. The second-order valence-electron chi connectivity index (χ2n) is 6.78. The summed E-state index contributed by atoms with van der Waals surface area (Å²) < 4.78 is 0. The highest BCUT2D eigenvalue weighted by atomic mass is 15.4. The summed E-state index contributed by atoms with van der Waals surface area (Å²) in [6.45, 7) is 13.0. The van der Waals surface area contributed by atoms with E-state index in [4.69, 9.17) is 0 Å². The molecule has 5 atom stereocenters. The molecule has 2 saturated heterocycles. The molecular formula is C15H28N2+2. The van der Waals surface area contributed by atoms with Gasteiger partial charge in [-0.1, -0.05) is 25.5 Å². The molecule has 2 unspecified atom stereocenters. The van der Waals surface area contributed by atoms with E-state index in [9.17, 15) is 0 Å². The van der Waals surface area contributed by atoms with Crippen LogP contribution in [0.2, 0.25) is 0 Å². The fraction of sp³-hybridized carbons (Fsp3) is 0.867. The molecular weight excluding hydrogens is 208 g/mol. The van der Waals surface area contributed by atoms with Crippen molar-refractivity contribution in [1.82, 2.24) is 0 Å². The van der Waals surface area contributed by atoms with Crippen LogP contribution in [0.1, 0.15) is 33.6 Å². The lowest BCUT2D eigenvalue weighted by atomic mass is 9.72. The van der Waals surface area contributed by atoms with Crippen molar-refractivity contribution in [2.45, 2.75) is 39.8 Å². The van der Waals surface area contributed by atoms with Crippen LogP contribution in [0.15, 0.2) is 11.6 Å². The van der Waals surface area contributed by atoms with Gasteiger partial charge in [0.05, 0.1) is 19.0 Å². The zero-order valence-corrected chi connectivity index (χ0v) is 11.6. The molecule has 2 heterocycles. The van der Waals surface area contributed by atoms with E-state index in [0.717, 1.165) is 23.9 Å². The summed E-state index contributed by atoms with van der Waals surface area (Å²) in [7, 11) is 0. The zero-order valence-electron chi connectivity index (χ0n) is 11.6. The number of allylic oxidation sites excluding steroid dienone is 2. The molecule has 2 fully saturated rings. The normalized spacial score (nSPS) is 50.2. The summed E-state index contributed by atoms with van der Waals surface area (Å²) in [5, 5.41) is 0. The number of hydrogen-bond donors (Lipinski definition) is 2. The number of fused-ring (bicyclic) bond motifs is 2. The lowest BCUT2D eigenvalue weighted by Crippen LogP contribution is -3.32. The highest BCUT2D eigenvalue weighted by Gasteiger charge is 2.50. The van der Waals surface area contributed by atoms with Crippen molar-refractivity contribution in [2.75, 3.05) is 26.2 Å². The third-order valence-corrected chi connectivity index (χ3v) is 5.48. The van der Waals surface area contributed by atoms with E-state index in [-0.39, 0.29) is 0 Å². The van der Waals surface area contributed by atoms with Crippen molar-refractivity contribution in [1.29, 1.82) is 0 Å². The average Bonchev–Trinajstić information content (AvgIpc) is 2.50. The van der Waals surface area contributed by atoms with Crippen molar-refractivity contribution in [2.24, 2.45) is 17.8 Å². The standard InChI is InChI=1S/C15H26N2/c1-11-9-12(2)14(13(3)10-11)15-16-5-4-6-17(15)8-7-16/h9,12-15H,4-8,10H2,1-3H3/p+2/t12-,13-,14-/m0/s1. The third-order valence-electron chi connectivity index (χ3n) is 5.48. The van der Waals surface area contributed by atoms with E-state index >= 15 is 0 Å². The Kier molecular flexibility index (Phi) is 3.04. The van der Waals surface area contributed by atoms with Gasteiger partial charge >= 0.3 is 0 Å². The monoisotopic (exact) mass is 236 g/mol. The Balaban J connectivity index is 1.84. The summed E-state index contributed by atoms with van der Waals surface area (Å²) in [5.41, 5.74) is 1.62. The summed E-state index contributed by atoms with van der Waals surface area (Å²) in [6, 6.07) is 0. The number of hydrogen-bond acceptors (Lipinski definition) is 0. The van der Waals surface area contributed by atoms with Gasteiger partial charge in [0.15, 0.2) is 0 Å². The van der Waals surface area contributed by atoms with Crippen molar-refractivity contribution in [3.8, 4) is 0 Å². The first-order valence-electron chi connectivity index (χ1n) is 7.53. The molecule has 0 saturated carbocycles. The molecule has 2 bridgehead atoms. The molecule has 2 heteroatoms. The molecule has 3 rings (SSSR count). The van der Waals surface area contributed by atoms with Gasteiger partial charge in [-0.3, -0.25) is 9.80 Å². The van der Waals surface area contributed by atoms with Crippen molar-refractivity contribution >= 4 is 0 Å². The Morgan fingerprint density at radius 2 is 1.71 bits per heavy atom. The molecule has 1 aliphatic carbocycles. The van der Waals surface area contributed by atoms with Gasteiger partial charge in [-0.2, -0.15) is 0 Å². The molecule has 0 radical (unpaired) electrons. The minimum atomic E-state index is 0.796. The molecule has 0 aromatic heterocycles. The first-order valence-corrected chi connectivity index (χ1v) is 7.53. The van der Waals surface area contributed by atoms with Crippen molar-refractivity contribution in [3.63, 3.8) is 0 Å². The van der Waals surface area contributed by atoms with E-state index in [0.29, 0.717) is 0 Å². The SMILES string of the molecule is CC1=C[C@H](C)[C@H](C2[NH+]3CCC[NH+]2CC3)[C@@H](C)C1. The van der Waals surface area contributed by atoms with Crippen LogP contribution in [0.5, 0.6) is 0 Å². The summed E-state index contributed by atoms with van der Waals surface area (Å²) >= 11 is 0. The zero-order chi connectivity index (χ0) is 12.0. The molecule has 0 aromatic carbocycles. The Morgan fingerprint density at radius 1 is 1.06 bits per heavy atom. The second-order valence-corrected chi connectivity index (χ2v) is 6.78. The maximum absolute atomic E-state index is 2.56. The summed E-state index contributed by atoms with van der Waals surface area (Å²) in [4.78, 5) is 3.84. The largest absolute Gasteiger partial charge is 0.281 e. The van der Waals surface area contributed by atoms with E-state index < -0.39 is 0 Å². The van der Waals surface area contributed by atoms with E-state index in [1.165, 1.54) is 39.0 Å². The predicted molar refractivity (Wildman–Crippen MR) is 70.0 cm³/mol. The smallest absolute Gasteiger partial charge is 0.217 e. The van der Waals surface area contributed by atoms with Gasteiger partial charge < -0.3 is 0 Å². The van der Waals surface area contributed by atoms with Gasteiger partial charge in [-0.25, -0.2) is 0 Å². The maximum atomic E-state index is 2.56. The first-order chi connectivity index (χ1) is 8.16. The second kappa shape index (κ2) is 4.40. The Hall–Kier alpha value is -0.340. The molecule has 2 N–H and O–H groups in total. The quantitative estimate of drug-likeness (QED) is 0.581. The van der Waals surface area contributed by atoms with Crippen LogP contribution < -0.4 is 9.80 Å². The van der Waals surface area contributed by atoms with Crippen molar-refractivity contribution in [3.05, 3.63) is 11.6 Å². The lowest BCUT2D eigenvalue weighted by Gasteiger charge is -2.41. The number of quaternary nitrogens is 2. The van der Waals surface area contributed by atoms with Crippen LogP contribution in [0.4, 0.5) is 0 Å². The summed E-state index contributed by atoms with van der Waals surface area (Å²) in [5.74, 6) is 2.61. The van der Waals surface area contributed by atoms with E-state index in [2.05, 4.69) is 26.8 Å². The lowest BCUT2D eigenvalue weighted by molar-refractivity contribution is -1.09. The predicted octanol–water partition coefficient (Wildman–Crippen LogP) is -0.262. The topological polar surface area (TPSA) is 8.88 Å². The molecule has 2 aliphatic heterocycles. The summed E-state index contributed by atoms with van der Waals surface area (Å²) in [6.07, 6.45) is 6.26. The Labute approximate surface area is 106 Å². The van der Waals surface area contributed by atoms with Crippen LogP contribution in [0, 0.1) is 17.8 Å². The van der Waals surface area contributed by atoms with Gasteiger partial charge in [0.2, 0.25) is 6.17 Å². The van der Waals surface area contributed by atoms with Gasteiger partial charge in [0, 0.05) is 6.42 Å². The highest BCUT2D eigenvalue weighted by Crippen LogP contribution is 2.34. The molecule has 2 nitrogen and oxygen atoms in total. The molecule has 0 amide bonds. The highest BCUT2D eigenvalue weighted by molar-refractivity contribution is 5.08. The number of nitrogens with one attached hydrogen (secondary N) is 2. The Bertz CT molecular complexity index is 307. The van der Waals surface area contributed by atoms with Crippen LogP contribution in [0.3, 0.4) is 0 Å². The van der Waals surface area contributed by atoms with E-state index in [1.54, 1.807) is 5.57 Å². The molecule has 96 valence electrons. The van der Waals surface area contributed by atoms with Gasteiger partial charge in [-0.05, 0) is 25.2 Å². The van der Waals surface area contributed by atoms with Crippen LogP contribution in [-0.4, -0.2) is 32.3 Å². The van der Waals surface area contributed by atoms with Gasteiger partial charge in [0.1, 0.15) is 13.1 Å². The van der Waals surface area contributed by atoms with Crippen LogP contribution in [0.25, 0.3) is 0 Å². The first kappa shape index (κ1) is 11.7. The molecule has 0 aromatic rings. The minimum absolute atomic E-state index is 0.796. The third kappa shape index (κ3) is 1.96. The molecule has 17 heavy (non-hydrogen) atoms. The van der Waals surface area contributed by atoms with Gasteiger partial charge in [-0.15, -0.1) is 0 Å². The average molecular weight is 236 g/mol. The number of rotatable bonds is 1. The van der Waals surface area contributed by atoms with Crippen LogP contribution >= 0.6 is 0 Å². The van der Waals surface area contributed by atoms with E-state index in [1.807, 2.05) is 9.80 Å².